The van der Waals surface area contributed by atoms with Gasteiger partial charge >= 0.3 is 6.18 Å². The molecule has 0 fully saturated rings. The first kappa shape index (κ1) is 21.4. The van der Waals surface area contributed by atoms with Gasteiger partial charge in [0.2, 0.25) is 0 Å². The molecule has 9 heteroatoms. The van der Waals surface area contributed by atoms with Crippen LogP contribution in [-0.4, -0.2) is 28.4 Å². The molecule has 1 aromatic heterocycles. The van der Waals surface area contributed by atoms with Crippen LogP contribution in [0.3, 0.4) is 0 Å². The lowest BCUT2D eigenvalue weighted by Gasteiger charge is -2.33. The molecule has 4 rings (SSSR count). The van der Waals surface area contributed by atoms with Crippen LogP contribution in [0.2, 0.25) is 0 Å². The number of halogens is 4. The Bertz CT molecular complexity index is 1050. The van der Waals surface area contributed by atoms with E-state index in [0.717, 1.165) is 20.3 Å². The van der Waals surface area contributed by atoms with E-state index in [4.69, 9.17) is 0 Å². The van der Waals surface area contributed by atoms with Gasteiger partial charge in [0, 0.05) is 23.5 Å². The predicted octanol–water partition coefficient (Wildman–Crippen LogP) is 5.28. The van der Waals surface area contributed by atoms with Crippen LogP contribution in [0.5, 0.6) is 0 Å². The minimum absolute atomic E-state index is 0.0405. The number of benzene rings is 2. The molecular formula is C22H20BrF3N4O. The molecule has 0 unspecified atom stereocenters. The van der Waals surface area contributed by atoms with E-state index in [1.807, 2.05) is 30.3 Å². The number of fused-ring (bicyclic) bond motifs is 1. The van der Waals surface area contributed by atoms with Crippen molar-refractivity contribution in [2.75, 3.05) is 11.9 Å². The maximum absolute atomic E-state index is 13.8. The van der Waals surface area contributed by atoms with E-state index >= 15 is 0 Å². The Hall–Kier alpha value is -2.81. The number of aromatic nitrogens is 2. The van der Waals surface area contributed by atoms with Crippen molar-refractivity contribution >= 4 is 27.7 Å². The van der Waals surface area contributed by atoms with Crippen molar-refractivity contribution in [3.05, 3.63) is 82.0 Å². The molecule has 0 spiro atoms. The van der Waals surface area contributed by atoms with E-state index in [9.17, 15) is 18.0 Å². The van der Waals surface area contributed by atoms with Gasteiger partial charge < -0.3 is 10.6 Å². The molecule has 5 nitrogen and oxygen atoms in total. The maximum atomic E-state index is 13.8. The topological polar surface area (TPSA) is 59.0 Å². The van der Waals surface area contributed by atoms with Crippen LogP contribution < -0.4 is 10.6 Å². The Labute approximate surface area is 185 Å². The summed E-state index contributed by atoms with van der Waals surface area (Å²) in [7, 11) is 0. The Kier molecular flexibility index (Phi) is 6.04. The molecule has 2 atom stereocenters. The van der Waals surface area contributed by atoms with Crippen molar-refractivity contribution in [1.29, 1.82) is 0 Å². The molecule has 2 heterocycles. The number of carbonyl (C=O) groups excluding carboxylic acids is 1. The molecule has 0 bridgehead atoms. The molecule has 1 amide bonds. The first-order valence-corrected chi connectivity index (χ1v) is 10.6. The zero-order chi connectivity index (χ0) is 22.0. The monoisotopic (exact) mass is 492 g/mol. The van der Waals surface area contributed by atoms with E-state index < -0.39 is 24.2 Å². The highest BCUT2D eigenvalue weighted by molar-refractivity contribution is 9.10. The van der Waals surface area contributed by atoms with E-state index in [0.29, 0.717) is 13.0 Å². The fourth-order valence-corrected chi connectivity index (χ4v) is 3.92. The van der Waals surface area contributed by atoms with E-state index in [-0.39, 0.29) is 17.9 Å². The number of alkyl halides is 3. The Morgan fingerprint density at radius 2 is 1.87 bits per heavy atom. The molecule has 3 aromatic rings. The number of carbonyl (C=O) groups is 1. The average Bonchev–Trinajstić information content (AvgIpc) is 3.18. The summed E-state index contributed by atoms with van der Waals surface area (Å²) in [5.74, 6) is -0.324. The molecule has 2 N–H and O–H groups in total. The van der Waals surface area contributed by atoms with Crippen LogP contribution in [0.4, 0.5) is 19.0 Å². The zero-order valence-electron chi connectivity index (χ0n) is 16.4. The molecule has 1 aliphatic heterocycles. The summed E-state index contributed by atoms with van der Waals surface area (Å²) in [6.07, 6.45) is -4.08. The molecule has 0 saturated heterocycles. The van der Waals surface area contributed by atoms with Gasteiger partial charge in [-0.15, -0.1) is 0 Å². The molecule has 1 aliphatic rings. The molecular weight excluding hydrogens is 473 g/mol. The first-order chi connectivity index (χ1) is 14.8. The number of nitrogens with one attached hydrogen (secondary N) is 2. The summed E-state index contributed by atoms with van der Waals surface area (Å²) in [5, 5.41) is 9.81. The second kappa shape index (κ2) is 8.74. The van der Waals surface area contributed by atoms with Crippen molar-refractivity contribution in [2.24, 2.45) is 0 Å². The number of amides is 1. The number of rotatable bonds is 5. The highest BCUT2D eigenvalue weighted by Crippen LogP contribution is 2.43. The largest absolute Gasteiger partial charge is 0.410 e. The van der Waals surface area contributed by atoms with Crippen molar-refractivity contribution < 1.29 is 18.0 Å². The van der Waals surface area contributed by atoms with Gasteiger partial charge in [0.1, 0.15) is 5.82 Å². The van der Waals surface area contributed by atoms with Crippen LogP contribution in [0.15, 0.2) is 65.1 Å². The van der Waals surface area contributed by atoms with Gasteiger partial charge in [-0.05, 0) is 29.7 Å². The van der Waals surface area contributed by atoms with E-state index in [1.54, 1.807) is 24.3 Å². The van der Waals surface area contributed by atoms with Gasteiger partial charge in [-0.1, -0.05) is 58.4 Å². The quantitative estimate of drug-likeness (QED) is 0.509. The van der Waals surface area contributed by atoms with Gasteiger partial charge in [0.25, 0.3) is 5.91 Å². The third kappa shape index (κ3) is 4.92. The lowest BCUT2D eigenvalue weighted by atomic mass is 9.97. The zero-order valence-corrected chi connectivity index (χ0v) is 18.0. The Morgan fingerprint density at radius 3 is 2.55 bits per heavy atom. The van der Waals surface area contributed by atoms with Crippen molar-refractivity contribution in [3.8, 4) is 0 Å². The number of hydrogen-bond donors (Lipinski definition) is 2. The number of anilines is 1. The fraction of sp³-hybridized carbons (Fsp3) is 0.273. The van der Waals surface area contributed by atoms with Gasteiger partial charge in [0.15, 0.2) is 11.7 Å². The third-order valence-corrected chi connectivity index (χ3v) is 5.77. The van der Waals surface area contributed by atoms with Gasteiger partial charge in [0.05, 0.1) is 6.04 Å². The van der Waals surface area contributed by atoms with Crippen molar-refractivity contribution in [3.63, 3.8) is 0 Å². The normalized spacial score (nSPS) is 18.2. The highest BCUT2D eigenvalue weighted by Gasteiger charge is 2.46. The second-order valence-corrected chi connectivity index (χ2v) is 8.31. The lowest BCUT2D eigenvalue weighted by molar-refractivity contribution is -0.173. The molecule has 0 saturated carbocycles. The van der Waals surface area contributed by atoms with Crippen LogP contribution >= 0.6 is 15.9 Å². The molecule has 2 aromatic carbocycles. The Morgan fingerprint density at radius 1 is 1.16 bits per heavy atom. The Balaban J connectivity index is 1.52. The lowest BCUT2D eigenvalue weighted by Crippen LogP contribution is -2.35. The average molecular weight is 493 g/mol. The van der Waals surface area contributed by atoms with E-state index in [2.05, 4.69) is 31.7 Å². The summed E-state index contributed by atoms with van der Waals surface area (Å²) in [6.45, 7) is 0.364. The minimum atomic E-state index is -4.49. The van der Waals surface area contributed by atoms with Crippen LogP contribution in [0.1, 0.15) is 40.1 Å². The molecule has 0 aliphatic carbocycles. The first-order valence-electron chi connectivity index (χ1n) is 9.81. The minimum Gasteiger partial charge on any atom is -0.363 e. The summed E-state index contributed by atoms with van der Waals surface area (Å²) in [5.41, 5.74) is 1.75. The molecule has 162 valence electrons. The van der Waals surface area contributed by atoms with Gasteiger partial charge in [-0.25, -0.2) is 4.68 Å². The molecule has 31 heavy (non-hydrogen) atoms. The molecule has 0 radical (unpaired) electrons. The summed E-state index contributed by atoms with van der Waals surface area (Å²) < 4.78 is 43.1. The van der Waals surface area contributed by atoms with Crippen LogP contribution in [-0.2, 0) is 6.42 Å². The number of hydrogen-bond acceptors (Lipinski definition) is 3. The van der Waals surface area contributed by atoms with Gasteiger partial charge in [-0.3, -0.25) is 4.79 Å². The fourth-order valence-electron chi connectivity index (χ4n) is 3.65. The third-order valence-electron chi connectivity index (χ3n) is 5.24. The van der Waals surface area contributed by atoms with Crippen LogP contribution in [0.25, 0.3) is 0 Å². The predicted molar refractivity (Wildman–Crippen MR) is 115 cm³/mol. The van der Waals surface area contributed by atoms with E-state index in [1.165, 1.54) is 6.07 Å². The second-order valence-electron chi connectivity index (χ2n) is 7.39. The highest BCUT2D eigenvalue weighted by atomic mass is 79.9. The van der Waals surface area contributed by atoms with Gasteiger partial charge in [-0.2, -0.15) is 18.3 Å². The van der Waals surface area contributed by atoms with Crippen molar-refractivity contribution in [1.82, 2.24) is 15.1 Å². The smallest absolute Gasteiger partial charge is 0.363 e. The summed E-state index contributed by atoms with van der Waals surface area (Å²) in [4.78, 5) is 12.5. The SMILES string of the molecule is O=C(NCCc1ccccc1)c1cc2n(n1)[C@H](C(F)(F)F)C[C@H](c1ccc(Br)cc1)N2. The summed E-state index contributed by atoms with van der Waals surface area (Å²) in [6, 6.07) is 15.8. The maximum Gasteiger partial charge on any atom is 0.410 e. The standard InChI is InChI=1S/C22H20BrF3N4O/c23-16-8-6-15(7-9-16)17-12-19(22(24,25)26)30-20(28-17)13-18(29-30)21(31)27-11-10-14-4-2-1-3-5-14/h1-9,13,17,19,28H,10-12H2,(H,27,31)/t17-,19+/m1/s1. The van der Waals surface area contributed by atoms with Crippen molar-refractivity contribution in [2.45, 2.75) is 31.1 Å². The van der Waals surface area contributed by atoms with Crippen LogP contribution in [0, 0.1) is 0 Å². The summed E-state index contributed by atoms with van der Waals surface area (Å²) >= 11 is 3.33. The number of nitrogens with zero attached hydrogens (tertiary/aromatic N) is 2.